The molecule has 1 aromatic carbocycles. The summed E-state index contributed by atoms with van der Waals surface area (Å²) in [6.07, 6.45) is 3.07. The molecule has 0 saturated carbocycles. The number of hydrogen-bond donors (Lipinski definition) is 1. The topological polar surface area (TPSA) is 32.3 Å². The number of rotatable bonds is 3. The number of benzene rings is 1. The molecular formula is C15H20F2N2O. The van der Waals surface area contributed by atoms with E-state index in [1.165, 1.54) is 6.07 Å². The minimum absolute atomic E-state index is 0.0529. The summed E-state index contributed by atoms with van der Waals surface area (Å²) in [6, 6.07) is 3.84. The molecule has 1 aliphatic rings. The van der Waals surface area contributed by atoms with Gasteiger partial charge in [0.15, 0.2) is 11.6 Å². The lowest BCUT2D eigenvalue weighted by atomic mass is 10.1. The maximum atomic E-state index is 13.1. The van der Waals surface area contributed by atoms with Gasteiger partial charge in [-0.15, -0.1) is 0 Å². The third-order valence-corrected chi connectivity index (χ3v) is 3.83. The second-order valence-corrected chi connectivity index (χ2v) is 5.26. The van der Waals surface area contributed by atoms with Gasteiger partial charge in [0.2, 0.25) is 5.91 Å². The monoisotopic (exact) mass is 282 g/mol. The van der Waals surface area contributed by atoms with E-state index in [9.17, 15) is 13.6 Å². The molecule has 1 unspecified atom stereocenters. The molecule has 2 rings (SSSR count). The molecule has 1 amide bonds. The number of amides is 1. The van der Waals surface area contributed by atoms with Crippen LogP contribution in [-0.4, -0.2) is 37.0 Å². The Hall–Kier alpha value is -1.49. The molecule has 1 saturated heterocycles. The number of nitrogens with zero attached hydrogens (tertiary/aromatic N) is 1. The second-order valence-electron chi connectivity index (χ2n) is 5.26. The quantitative estimate of drug-likeness (QED) is 0.921. The summed E-state index contributed by atoms with van der Waals surface area (Å²) < 4.78 is 26.0. The van der Waals surface area contributed by atoms with Crippen LogP contribution in [0.1, 0.15) is 24.8 Å². The van der Waals surface area contributed by atoms with Crippen molar-refractivity contribution in [2.24, 2.45) is 0 Å². The van der Waals surface area contributed by atoms with Gasteiger partial charge in [-0.3, -0.25) is 4.79 Å². The predicted octanol–water partition coefficient (Wildman–Crippen LogP) is 2.11. The highest BCUT2D eigenvalue weighted by Gasteiger charge is 2.21. The van der Waals surface area contributed by atoms with E-state index in [-0.39, 0.29) is 18.4 Å². The van der Waals surface area contributed by atoms with Gasteiger partial charge in [0.1, 0.15) is 0 Å². The molecule has 0 radical (unpaired) electrons. The average Bonchev–Trinajstić information content (AvgIpc) is 2.71. The van der Waals surface area contributed by atoms with Crippen molar-refractivity contribution in [3.05, 3.63) is 35.4 Å². The van der Waals surface area contributed by atoms with E-state index in [0.717, 1.165) is 44.5 Å². The Labute approximate surface area is 118 Å². The van der Waals surface area contributed by atoms with Gasteiger partial charge in [-0.25, -0.2) is 8.78 Å². The minimum Gasteiger partial charge on any atom is -0.342 e. The Bertz CT molecular complexity index is 471. The molecule has 0 aromatic heterocycles. The SMILES string of the molecule is CN(C(=O)Cc1ccc(F)c(F)c1)C1CCCNCC1. The molecule has 0 spiro atoms. The number of likely N-dealkylation sites (N-methyl/N-ethyl adjacent to an activating group) is 1. The number of nitrogens with one attached hydrogen (secondary N) is 1. The molecule has 0 aliphatic carbocycles. The fourth-order valence-corrected chi connectivity index (χ4v) is 2.54. The minimum atomic E-state index is -0.906. The Morgan fingerprint density at radius 3 is 2.85 bits per heavy atom. The third kappa shape index (κ3) is 3.76. The molecule has 5 heteroatoms. The summed E-state index contributed by atoms with van der Waals surface area (Å²) in [7, 11) is 1.79. The van der Waals surface area contributed by atoms with Gasteiger partial charge in [-0.05, 0) is 50.0 Å². The Kier molecular flexibility index (Phi) is 5.06. The van der Waals surface area contributed by atoms with Crippen molar-refractivity contribution in [1.29, 1.82) is 0 Å². The maximum Gasteiger partial charge on any atom is 0.226 e. The molecule has 1 heterocycles. The van der Waals surface area contributed by atoms with Crippen LogP contribution in [0.2, 0.25) is 0 Å². The van der Waals surface area contributed by atoms with Crippen molar-refractivity contribution in [3.63, 3.8) is 0 Å². The number of carbonyl (C=O) groups excluding carboxylic acids is 1. The van der Waals surface area contributed by atoms with Gasteiger partial charge in [0, 0.05) is 13.1 Å². The molecule has 1 aromatic rings. The molecule has 110 valence electrons. The van der Waals surface area contributed by atoms with E-state index in [4.69, 9.17) is 0 Å². The standard InChI is InChI=1S/C15H20F2N2O/c1-19(12-3-2-7-18-8-6-12)15(20)10-11-4-5-13(16)14(17)9-11/h4-5,9,12,18H,2-3,6-8,10H2,1H3. The van der Waals surface area contributed by atoms with E-state index < -0.39 is 11.6 Å². The normalized spacial score (nSPS) is 19.4. The molecule has 3 nitrogen and oxygen atoms in total. The van der Waals surface area contributed by atoms with Crippen molar-refractivity contribution in [2.45, 2.75) is 31.7 Å². The van der Waals surface area contributed by atoms with Crippen molar-refractivity contribution < 1.29 is 13.6 Å². The van der Waals surface area contributed by atoms with E-state index in [0.29, 0.717) is 5.56 Å². The van der Waals surface area contributed by atoms with Crippen molar-refractivity contribution in [2.75, 3.05) is 20.1 Å². The summed E-state index contributed by atoms with van der Waals surface area (Å²) in [4.78, 5) is 14.0. The van der Waals surface area contributed by atoms with E-state index in [2.05, 4.69) is 5.32 Å². The zero-order chi connectivity index (χ0) is 14.5. The predicted molar refractivity (Wildman–Crippen MR) is 73.3 cm³/mol. The zero-order valence-corrected chi connectivity index (χ0v) is 11.7. The first kappa shape index (κ1) is 14.9. The van der Waals surface area contributed by atoms with Gasteiger partial charge >= 0.3 is 0 Å². The van der Waals surface area contributed by atoms with Gasteiger partial charge in [-0.2, -0.15) is 0 Å². The summed E-state index contributed by atoms with van der Waals surface area (Å²) in [5.41, 5.74) is 0.507. The first-order chi connectivity index (χ1) is 9.58. The molecular weight excluding hydrogens is 262 g/mol. The fraction of sp³-hybridized carbons (Fsp3) is 0.533. The highest BCUT2D eigenvalue weighted by Crippen LogP contribution is 2.15. The Morgan fingerprint density at radius 2 is 2.10 bits per heavy atom. The van der Waals surface area contributed by atoms with E-state index in [1.54, 1.807) is 11.9 Å². The summed E-state index contributed by atoms with van der Waals surface area (Å²) in [5, 5.41) is 3.31. The van der Waals surface area contributed by atoms with Crippen LogP contribution < -0.4 is 5.32 Å². The van der Waals surface area contributed by atoms with Crippen molar-refractivity contribution >= 4 is 5.91 Å². The highest BCUT2D eigenvalue weighted by atomic mass is 19.2. The number of halogens is 2. The van der Waals surface area contributed by atoms with Gasteiger partial charge in [-0.1, -0.05) is 6.07 Å². The lowest BCUT2D eigenvalue weighted by molar-refractivity contribution is -0.131. The van der Waals surface area contributed by atoms with Gasteiger partial charge < -0.3 is 10.2 Å². The summed E-state index contributed by atoms with van der Waals surface area (Å²) >= 11 is 0. The van der Waals surface area contributed by atoms with Crippen LogP contribution in [-0.2, 0) is 11.2 Å². The zero-order valence-electron chi connectivity index (χ0n) is 11.7. The van der Waals surface area contributed by atoms with Crippen LogP contribution in [0.5, 0.6) is 0 Å². The molecule has 1 N–H and O–H groups in total. The van der Waals surface area contributed by atoms with Crippen LogP contribution in [0.3, 0.4) is 0 Å². The van der Waals surface area contributed by atoms with Crippen LogP contribution in [0, 0.1) is 11.6 Å². The lowest BCUT2D eigenvalue weighted by Crippen LogP contribution is -2.38. The lowest BCUT2D eigenvalue weighted by Gasteiger charge is -2.27. The number of hydrogen-bond acceptors (Lipinski definition) is 2. The third-order valence-electron chi connectivity index (χ3n) is 3.83. The van der Waals surface area contributed by atoms with E-state index >= 15 is 0 Å². The highest BCUT2D eigenvalue weighted by molar-refractivity contribution is 5.78. The second kappa shape index (κ2) is 6.79. The summed E-state index contributed by atoms with van der Waals surface area (Å²) in [5.74, 6) is -1.84. The van der Waals surface area contributed by atoms with Crippen LogP contribution in [0.4, 0.5) is 8.78 Å². The first-order valence-electron chi connectivity index (χ1n) is 6.98. The molecule has 1 aliphatic heterocycles. The van der Waals surface area contributed by atoms with E-state index in [1.807, 2.05) is 0 Å². The Balaban J connectivity index is 1.97. The molecule has 20 heavy (non-hydrogen) atoms. The van der Waals surface area contributed by atoms with Crippen LogP contribution >= 0.6 is 0 Å². The molecule has 1 fully saturated rings. The smallest absolute Gasteiger partial charge is 0.226 e. The van der Waals surface area contributed by atoms with Crippen molar-refractivity contribution in [3.8, 4) is 0 Å². The molecule has 1 atom stereocenters. The van der Waals surface area contributed by atoms with Gasteiger partial charge in [0.25, 0.3) is 0 Å². The average molecular weight is 282 g/mol. The van der Waals surface area contributed by atoms with Crippen LogP contribution in [0.25, 0.3) is 0 Å². The molecule has 0 bridgehead atoms. The fourth-order valence-electron chi connectivity index (χ4n) is 2.54. The first-order valence-corrected chi connectivity index (χ1v) is 6.98. The Morgan fingerprint density at radius 1 is 1.30 bits per heavy atom. The largest absolute Gasteiger partial charge is 0.342 e. The van der Waals surface area contributed by atoms with Crippen molar-refractivity contribution in [1.82, 2.24) is 10.2 Å². The van der Waals surface area contributed by atoms with Gasteiger partial charge in [0.05, 0.1) is 6.42 Å². The number of carbonyl (C=O) groups is 1. The maximum absolute atomic E-state index is 13.1. The van der Waals surface area contributed by atoms with Crippen LogP contribution in [0.15, 0.2) is 18.2 Å². The summed E-state index contributed by atoms with van der Waals surface area (Å²) in [6.45, 7) is 1.90.